The maximum absolute atomic E-state index is 5.73. The summed E-state index contributed by atoms with van der Waals surface area (Å²) in [5, 5.41) is 3.76. The molecule has 0 unspecified atom stereocenters. The van der Waals surface area contributed by atoms with Gasteiger partial charge in [-0.2, -0.15) is 0 Å². The van der Waals surface area contributed by atoms with Crippen molar-refractivity contribution in [2.75, 3.05) is 11.9 Å². The van der Waals surface area contributed by atoms with Gasteiger partial charge in [0, 0.05) is 24.8 Å². The Morgan fingerprint density at radius 1 is 1.50 bits per heavy atom. The third-order valence-corrected chi connectivity index (χ3v) is 2.01. The average Bonchev–Trinajstić information content (AvgIpc) is 2.18. The van der Waals surface area contributed by atoms with Crippen molar-refractivity contribution in [2.45, 2.75) is 19.3 Å². The van der Waals surface area contributed by atoms with Crippen molar-refractivity contribution in [2.24, 2.45) is 0 Å². The lowest BCUT2D eigenvalue weighted by Gasteiger charge is -2.04. The fourth-order valence-electron chi connectivity index (χ4n) is 1.10. The molecule has 2 nitrogen and oxygen atoms in total. The van der Waals surface area contributed by atoms with Crippen LogP contribution in [0.2, 0.25) is 5.15 Å². The standard InChI is InChI=1S/C11H13ClN2/c1-2-3-4-5-7-13-10-6-8-14-11(12)9-10/h1,6,8-9H,3-5,7H2,(H,13,14). The van der Waals surface area contributed by atoms with Crippen LogP contribution in [0.4, 0.5) is 5.69 Å². The van der Waals surface area contributed by atoms with E-state index in [-0.39, 0.29) is 0 Å². The van der Waals surface area contributed by atoms with Crippen LogP contribution in [0.5, 0.6) is 0 Å². The molecule has 1 rings (SSSR count). The molecular weight excluding hydrogens is 196 g/mol. The van der Waals surface area contributed by atoms with Gasteiger partial charge in [-0.05, 0) is 25.0 Å². The summed E-state index contributed by atoms with van der Waals surface area (Å²) in [5.41, 5.74) is 1.01. The number of aromatic nitrogens is 1. The van der Waals surface area contributed by atoms with E-state index in [1.807, 2.05) is 12.1 Å². The number of anilines is 1. The molecule has 0 bridgehead atoms. The lowest BCUT2D eigenvalue weighted by atomic mass is 10.2. The van der Waals surface area contributed by atoms with Gasteiger partial charge in [-0.3, -0.25) is 0 Å². The minimum atomic E-state index is 0.513. The normalized spacial score (nSPS) is 9.43. The van der Waals surface area contributed by atoms with E-state index >= 15 is 0 Å². The fourth-order valence-corrected chi connectivity index (χ4v) is 1.27. The second-order valence-corrected chi connectivity index (χ2v) is 3.34. The summed E-state index contributed by atoms with van der Waals surface area (Å²) >= 11 is 5.73. The van der Waals surface area contributed by atoms with Gasteiger partial charge in [-0.1, -0.05) is 11.6 Å². The zero-order valence-corrected chi connectivity index (χ0v) is 8.72. The molecule has 0 saturated carbocycles. The van der Waals surface area contributed by atoms with Crippen LogP contribution < -0.4 is 5.32 Å². The van der Waals surface area contributed by atoms with Gasteiger partial charge in [0.25, 0.3) is 0 Å². The van der Waals surface area contributed by atoms with Crippen molar-refractivity contribution < 1.29 is 0 Å². The van der Waals surface area contributed by atoms with Gasteiger partial charge < -0.3 is 5.32 Å². The number of terminal acetylenes is 1. The highest BCUT2D eigenvalue weighted by atomic mass is 35.5. The smallest absolute Gasteiger partial charge is 0.131 e. The summed E-state index contributed by atoms with van der Waals surface area (Å²) in [6.07, 6.45) is 9.81. The zero-order valence-electron chi connectivity index (χ0n) is 7.96. The van der Waals surface area contributed by atoms with Crippen molar-refractivity contribution in [1.82, 2.24) is 4.98 Å². The second kappa shape index (κ2) is 6.28. The number of hydrogen-bond donors (Lipinski definition) is 1. The monoisotopic (exact) mass is 208 g/mol. The van der Waals surface area contributed by atoms with Gasteiger partial charge in [0.2, 0.25) is 0 Å². The Balaban J connectivity index is 2.22. The van der Waals surface area contributed by atoms with Gasteiger partial charge in [-0.25, -0.2) is 4.98 Å². The van der Waals surface area contributed by atoms with Gasteiger partial charge >= 0.3 is 0 Å². The van der Waals surface area contributed by atoms with E-state index in [0.29, 0.717) is 5.15 Å². The largest absolute Gasteiger partial charge is 0.385 e. The molecule has 3 heteroatoms. The molecule has 0 aliphatic carbocycles. The van der Waals surface area contributed by atoms with Crippen LogP contribution >= 0.6 is 11.6 Å². The quantitative estimate of drug-likeness (QED) is 0.457. The molecule has 1 heterocycles. The lowest BCUT2D eigenvalue weighted by molar-refractivity contribution is 0.789. The first-order valence-corrected chi connectivity index (χ1v) is 4.99. The van der Waals surface area contributed by atoms with Crippen LogP contribution in [0.25, 0.3) is 0 Å². The molecule has 0 saturated heterocycles. The summed E-state index contributed by atoms with van der Waals surface area (Å²) in [4.78, 5) is 3.90. The summed E-state index contributed by atoms with van der Waals surface area (Å²) in [6, 6.07) is 3.70. The maximum atomic E-state index is 5.73. The lowest BCUT2D eigenvalue weighted by Crippen LogP contribution is -2.01. The van der Waals surface area contributed by atoms with Crippen molar-refractivity contribution in [3.8, 4) is 12.3 Å². The van der Waals surface area contributed by atoms with Crippen molar-refractivity contribution in [3.63, 3.8) is 0 Å². The van der Waals surface area contributed by atoms with E-state index in [1.54, 1.807) is 6.20 Å². The third-order valence-electron chi connectivity index (χ3n) is 1.80. The van der Waals surface area contributed by atoms with E-state index in [2.05, 4.69) is 16.2 Å². The molecule has 0 aromatic carbocycles. The molecule has 0 radical (unpaired) electrons. The number of unbranched alkanes of at least 4 members (excludes halogenated alkanes) is 2. The number of nitrogens with zero attached hydrogens (tertiary/aromatic N) is 1. The number of hydrogen-bond acceptors (Lipinski definition) is 2. The molecule has 1 aromatic rings. The Morgan fingerprint density at radius 2 is 2.36 bits per heavy atom. The van der Waals surface area contributed by atoms with Crippen molar-refractivity contribution in [3.05, 3.63) is 23.5 Å². The zero-order chi connectivity index (χ0) is 10.2. The molecule has 74 valence electrons. The Hall–Kier alpha value is -1.20. The molecule has 0 amide bonds. The Bertz CT molecular complexity index is 317. The Morgan fingerprint density at radius 3 is 3.07 bits per heavy atom. The van der Waals surface area contributed by atoms with Crippen LogP contribution in [0, 0.1) is 12.3 Å². The second-order valence-electron chi connectivity index (χ2n) is 2.96. The topological polar surface area (TPSA) is 24.9 Å². The maximum Gasteiger partial charge on any atom is 0.131 e. The summed E-state index contributed by atoms with van der Waals surface area (Å²) in [6.45, 7) is 0.919. The van der Waals surface area contributed by atoms with Crippen molar-refractivity contribution >= 4 is 17.3 Å². The van der Waals surface area contributed by atoms with E-state index in [9.17, 15) is 0 Å². The van der Waals surface area contributed by atoms with Gasteiger partial charge in [0.15, 0.2) is 0 Å². The van der Waals surface area contributed by atoms with Crippen molar-refractivity contribution in [1.29, 1.82) is 0 Å². The highest BCUT2D eigenvalue weighted by molar-refractivity contribution is 6.29. The van der Waals surface area contributed by atoms with Crippen LogP contribution in [0.15, 0.2) is 18.3 Å². The van der Waals surface area contributed by atoms with E-state index in [1.165, 1.54) is 0 Å². The molecule has 0 fully saturated rings. The van der Waals surface area contributed by atoms with Crippen LogP contribution in [-0.2, 0) is 0 Å². The predicted octanol–water partition coefficient (Wildman–Crippen LogP) is 2.95. The Kier molecular flexibility index (Phi) is 4.88. The molecular formula is C11H13ClN2. The highest BCUT2D eigenvalue weighted by Gasteiger charge is 1.93. The molecule has 0 aliphatic rings. The molecule has 0 spiro atoms. The molecule has 1 N–H and O–H groups in total. The molecule has 14 heavy (non-hydrogen) atoms. The Labute approximate surface area is 89.7 Å². The van der Waals surface area contributed by atoms with Gasteiger partial charge in [-0.15, -0.1) is 12.3 Å². The SMILES string of the molecule is C#CCCCCNc1ccnc(Cl)c1. The summed E-state index contributed by atoms with van der Waals surface area (Å²) in [7, 11) is 0. The van der Waals surface area contributed by atoms with E-state index in [4.69, 9.17) is 18.0 Å². The van der Waals surface area contributed by atoms with Crippen LogP contribution in [0.1, 0.15) is 19.3 Å². The van der Waals surface area contributed by atoms with Gasteiger partial charge in [0.05, 0.1) is 0 Å². The molecule has 0 aliphatic heterocycles. The predicted molar refractivity (Wildman–Crippen MR) is 60.4 cm³/mol. The molecule has 0 atom stereocenters. The van der Waals surface area contributed by atoms with E-state index < -0.39 is 0 Å². The third kappa shape index (κ3) is 4.15. The summed E-state index contributed by atoms with van der Waals surface area (Å²) < 4.78 is 0. The van der Waals surface area contributed by atoms with Crippen LogP contribution in [0.3, 0.4) is 0 Å². The minimum Gasteiger partial charge on any atom is -0.385 e. The van der Waals surface area contributed by atoms with Gasteiger partial charge in [0.1, 0.15) is 5.15 Å². The first-order chi connectivity index (χ1) is 6.83. The first-order valence-electron chi connectivity index (χ1n) is 4.62. The minimum absolute atomic E-state index is 0.513. The highest BCUT2D eigenvalue weighted by Crippen LogP contribution is 2.11. The summed E-state index contributed by atoms with van der Waals surface area (Å²) in [5.74, 6) is 2.62. The first kappa shape index (κ1) is 10.9. The number of nitrogens with one attached hydrogen (secondary N) is 1. The number of halogens is 1. The van der Waals surface area contributed by atoms with E-state index in [0.717, 1.165) is 31.5 Å². The van der Waals surface area contributed by atoms with Crippen LogP contribution in [-0.4, -0.2) is 11.5 Å². The fraction of sp³-hybridized carbons (Fsp3) is 0.364. The number of pyridine rings is 1. The molecule has 1 aromatic heterocycles. The number of rotatable bonds is 5. The average molecular weight is 209 g/mol.